The highest BCUT2D eigenvalue weighted by molar-refractivity contribution is 5.85. The van der Waals surface area contributed by atoms with Crippen molar-refractivity contribution in [2.24, 2.45) is 5.73 Å². The third-order valence-corrected chi connectivity index (χ3v) is 2.54. The van der Waals surface area contributed by atoms with Gasteiger partial charge in [0.1, 0.15) is 12.4 Å². The highest BCUT2D eigenvalue weighted by Gasteiger charge is 2.00. The molecular formula is C13H14ClFN2O2. The van der Waals surface area contributed by atoms with Gasteiger partial charge in [0.25, 0.3) is 0 Å². The maximum absolute atomic E-state index is 12.3. The number of aromatic amines is 1. The second-order valence-corrected chi connectivity index (χ2v) is 3.83. The van der Waals surface area contributed by atoms with Crippen molar-refractivity contribution in [3.8, 4) is 5.75 Å². The standard InChI is InChI=1S/C13H13FN2O2.ClH/c14-6-9(7-15)8-18-11-2-3-12-10(5-11)1-4-13(17)16-12;/h1-6H,7-8,15H2,(H,16,17);1H/b9-6+;. The maximum Gasteiger partial charge on any atom is 0.248 e. The molecule has 0 atom stereocenters. The van der Waals surface area contributed by atoms with E-state index in [0.29, 0.717) is 17.7 Å². The summed E-state index contributed by atoms with van der Waals surface area (Å²) in [5, 5.41) is 0.852. The first kappa shape index (κ1) is 15.2. The minimum absolute atomic E-state index is 0. The number of nitrogens with two attached hydrogens (primary N) is 1. The van der Waals surface area contributed by atoms with Crippen molar-refractivity contribution in [3.05, 3.63) is 52.6 Å². The molecular weight excluding hydrogens is 271 g/mol. The quantitative estimate of drug-likeness (QED) is 0.904. The summed E-state index contributed by atoms with van der Waals surface area (Å²) < 4.78 is 17.7. The minimum atomic E-state index is -0.151. The fourth-order valence-corrected chi connectivity index (χ4v) is 1.53. The van der Waals surface area contributed by atoms with Gasteiger partial charge in [-0.05, 0) is 24.3 Å². The van der Waals surface area contributed by atoms with Crippen molar-refractivity contribution in [3.63, 3.8) is 0 Å². The molecule has 6 heteroatoms. The fourth-order valence-electron chi connectivity index (χ4n) is 1.53. The van der Waals surface area contributed by atoms with Crippen molar-refractivity contribution in [1.82, 2.24) is 4.98 Å². The molecule has 2 rings (SSSR count). The van der Waals surface area contributed by atoms with Crippen LogP contribution in [0.2, 0.25) is 0 Å². The molecule has 0 bridgehead atoms. The summed E-state index contributed by atoms with van der Waals surface area (Å²) in [6, 6.07) is 8.38. The van der Waals surface area contributed by atoms with Crippen molar-refractivity contribution in [2.75, 3.05) is 13.2 Å². The summed E-state index contributed by atoms with van der Waals surface area (Å²) in [5.41, 5.74) is 6.29. The first-order valence-corrected chi connectivity index (χ1v) is 5.47. The van der Waals surface area contributed by atoms with E-state index in [1.807, 2.05) is 0 Å². The van der Waals surface area contributed by atoms with Crippen LogP contribution in [0.15, 0.2) is 47.0 Å². The van der Waals surface area contributed by atoms with Gasteiger partial charge in [-0.2, -0.15) is 0 Å². The Kier molecular flexibility index (Phi) is 5.54. The topological polar surface area (TPSA) is 68.1 Å². The van der Waals surface area contributed by atoms with Crippen LogP contribution in [-0.4, -0.2) is 18.1 Å². The van der Waals surface area contributed by atoms with Gasteiger partial charge in [0.05, 0.1) is 6.33 Å². The second-order valence-electron chi connectivity index (χ2n) is 3.83. The summed E-state index contributed by atoms with van der Waals surface area (Å²) in [5.74, 6) is 0.599. The van der Waals surface area contributed by atoms with Gasteiger partial charge < -0.3 is 15.5 Å². The lowest BCUT2D eigenvalue weighted by Gasteiger charge is -2.08. The lowest BCUT2D eigenvalue weighted by Crippen LogP contribution is -2.10. The molecule has 0 spiro atoms. The lowest BCUT2D eigenvalue weighted by atomic mass is 10.2. The maximum atomic E-state index is 12.3. The molecule has 3 N–H and O–H groups in total. The molecule has 1 aromatic heterocycles. The molecule has 102 valence electrons. The van der Waals surface area contributed by atoms with Crippen LogP contribution in [0.4, 0.5) is 4.39 Å². The van der Waals surface area contributed by atoms with Crippen LogP contribution in [0.25, 0.3) is 10.9 Å². The highest BCUT2D eigenvalue weighted by atomic mass is 35.5. The molecule has 4 nitrogen and oxygen atoms in total. The number of pyridine rings is 1. The van der Waals surface area contributed by atoms with E-state index in [0.717, 1.165) is 10.9 Å². The molecule has 0 saturated heterocycles. The number of rotatable bonds is 4. The fraction of sp³-hybridized carbons (Fsp3) is 0.154. The Balaban J connectivity index is 0.00000180. The molecule has 2 aromatic rings. The molecule has 0 aliphatic heterocycles. The van der Waals surface area contributed by atoms with Crippen LogP contribution in [-0.2, 0) is 0 Å². The van der Waals surface area contributed by atoms with E-state index in [2.05, 4.69) is 4.98 Å². The smallest absolute Gasteiger partial charge is 0.248 e. The number of hydrogen-bond acceptors (Lipinski definition) is 3. The average molecular weight is 285 g/mol. The molecule has 0 saturated carbocycles. The summed E-state index contributed by atoms with van der Waals surface area (Å²) >= 11 is 0. The average Bonchev–Trinajstić information content (AvgIpc) is 2.40. The Morgan fingerprint density at radius 2 is 2.16 bits per heavy atom. The van der Waals surface area contributed by atoms with E-state index in [-0.39, 0.29) is 31.1 Å². The molecule has 0 unspecified atom stereocenters. The zero-order chi connectivity index (χ0) is 13.0. The molecule has 0 amide bonds. The number of H-pyrrole nitrogens is 1. The summed E-state index contributed by atoms with van der Waals surface area (Å²) in [7, 11) is 0. The molecule has 0 aliphatic rings. The number of aromatic nitrogens is 1. The van der Waals surface area contributed by atoms with Crippen LogP contribution in [0.5, 0.6) is 5.75 Å². The van der Waals surface area contributed by atoms with E-state index >= 15 is 0 Å². The van der Waals surface area contributed by atoms with Crippen LogP contribution < -0.4 is 16.0 Å². The zero-order valence-corrected chi connectivity index (χ0v) is 10.9. The first-order chi connectivity index (χ1) is 8.72. The Labute approximate surface area is 115 Å². The van der Waals surface area contributed by atoms with E-state index < -0.39 is 0 Å². The molecule has 0 aliphatic carbocycles. The van der Waals surface area contributed by atoms with E-state index in [4.69, 9.17) is 10.5 Å². The third-order valence-electron chi connectivity index (χ3n) is 2.54. The van der Waals surface area contributed by atoms with Gasteiger partial charge >= 0.3 is 0 Å². The van der Waals surface area contributed by atoms with Crippen LogP contribution in [0.1, 0.15) is 0 Å². The van der Waals surface area contributed by atoms with E-state index in [9.17, 15) is 9.18 Å². The SMILES string of the molecule is Cl.NC/C(=C\F)COc1ccc2[nH]c(=O)ccc2c1. The second kappa shape index (κ2) is 6.92. The number of nitrogens with one attached hydrogen (secondary N) is 1. The van der Waals surface area contributed by atoms with Gasteiger partial charge in [-0.3, -0.25) is 4.79 Å². The van der Waals surface area contributed by atoms with Gasteiger partial charge in [-0.1, -0.05) is 0 Å². The van der Waals surface area contributed by atoms with Crippen molar-refractivity contribution in [2.45, 2.75) is 0 Å². The molecule has 1 heterocycles. The molecule has 19 heavy (non-hydrogen) atoms. The zero-order valence-electron chi connectivity index (χ0n) is 10.1. The molecule has 0 radical (unpaired) electrons. The van der Waals surface area contributed by atoms with E-state index in [1.165, 1.54) is 6.07 Å². The van der Waals surface area contributed by atoms with Crippen LogP contribution in [0, 0.1) is 0 Å². The Morgan fingerprint density at radius 3 is 2.84 bits per heavy atom. The largest absolute Gasteiger partial charge is 0.489 e. The Morgan fingerprint density at radius 1 is 1.37 bits per heavy atom. The number of halogens is 2. The van der Waals surface area contributed by atoms with Gasteiger partial charge in [0, 0.05) is 29.1 Å². The number of fused-ring (bicyclic) bond motifs is 1. The van der Waals surface area contributed by atoms with Gasteiger partial charge in [0.15, 0.2) is 0 Å². The van der Waals surface area contributed by atoms with Crippen LogP contribution in [0.3, 0.4) is 0 Å². The number of ether oxygens (including phenoxy) is 1. The van der Waals surface area contributed by atoms with Crippen molar-refractivity contribution < 1.29 is 9.13 Å². The summed E-state index contributed by atoms with van der Waals surface area (Å²) in [6.07, 6.45) is 0.457. The Hall–Kier alpha value is -1.85. The number of hydrogen-bond donors (Lipinski definition) is 2. The molecule has 0 fully saturated rings. The highest BCUT2D eigenvalue weighted by Crippen LogP contribution is 2.18. The predicted molar refractivity (Wildman–Crippen MR) is 75.6 cm³/mol. The summed E-state index contributed by atoms with van der Waals surface area (Å²) in [6.45, 7) is 0.235. The van der Waals surface area contributed by atoms with Crippen molar-refractivity contribution in [1.29, 1.82) is 0 Å². The summed E-state index contributed by atoms with van der Waals surface area (Å²) in [4.78, 5) is 13.8. The van der Waals surface area contributed by atoms with Crippen LogP contribution >= 0.6 is 12.4 Å². The van der Waals surface area contributed by atoms with Crippen molar-refractivity contribution >= 4 is 23.3 Å². The third kappa shape index (κ3) is 3.81. The van der Waals surface area contributed by atoms with Gasteiger partial charge in [-0.25, -0.2) is 4.39 Å². The predicted octanol–water partition coefficient (Wildman–Crippen LogP) is 2.14. The lowest BCUT2D eigenvalue weighted by molar-refractivity contribution is 0.348. The first-order valence-electron chi connectivity index (χ1n) is 5.47. The molecule has 1 aromatic carbocycles. The van der Waals surface area contributed by atoms with E-state index in [1.54, 1.807) is 24.3 Å². The number of benzene rings is 1. The monoisotopic (exact) mass is 284 g/mol. The normalized spacial score (nSPS) is 11.2. The Bertz CT molecular complexity index is 640. The van der Waals surface area contributed by atoms with Gasteiger partial charge in [0.2, 0.25) is 5.56 Å². The minimum Gasteiger partial charge on any atom is -0.489 e. The van der Waals surface area contributed by atoms with Gasteiger partial charge in [-0.15, -0.1) is 12.4 Å².